The first-order chi connectivity index (χ1) is 7.55. The van der Waals surface area contributed by atoms with E-state index >= 15 is 0 Å². The van der Waals surface area contributed by atoms with E-state index in [2.05, 4.69) is 0 Å². The minimum absolute atomic E-state index is 0.00630. The van der Waals surface area contributed by atoms with Crippen LogP contribution in [-0.4, -0.2) is 35.0 Å². The molecule has 0 aromatic carbocycles. The standard InChI is InChI=1S/C12H19NO3/c1-13(9-4-5-9)10(14)8-12(11(15)16)6-2-3-7-12/h9H,2-8H2,1H3,(H,15,16). The Balaban J connectivity index is 2.00. The first-order valence-electron chi connectivity index (χ1n) is 6.04. The molecule has 0 atom stereocenters. The zero-order valence-electron chi connectivity index (χ0n) is 9.74. The van der Waals surface area contributed by atoms with Crippen LogP contribution in [0.25, 0.3) is 0 Å². The Morgan fingerprint density at radius 1 is 1.31 bits per heavy atom. The van der Waals surface area contributed by atoms with Crippen LogP contribution in [0, 0.1) is 5.41 Å². The molecule has 4 heteroatoms. The highest BCUT2D eigenvalue weighted by Gasteiger charge is 2.44. The maximum Gasteiger partial charge on any atom is 0.310 e. The molecule has 2 saturated carbocycles. The number of carboxylic acids is 1. The molecular formula is C12H19NO3. The molecule has 2 rings (SSSR count). The van der Waals surface area contributed by atoms with E-state index in [1.54, 1.807) is 11.9 Å². The van der Waals surface area contributed by atoms with Crippen molar-refractivity contribution in [2.45, 2.75) is 51.0 Å². The van der Waals surface area contributed by atoms with E-state index in [-0.39, 0.29) is 12.3 Å². The second-order valence-electron chi connectivity index (χ2n) is 5.21. The molecule has 2 fully saturated rings. The van der Waals surface area contributed by atoms with Gasteiger partial charge in [0.25, 0.3) is 0 Å². The Bertz CT molecular complexity index is 303. The van der Waals surface area contributed by atoms with Crippen molar-refractivity contribution in [3.8, 4) is 0 Å². The van der Waals surface area contributed by atoms with Crippen LogP contribution < -0.4 is 0 Å². The molecule has 0 radical (unpaired) electrons. The molecule has 2 aliphatic carbocycles. The number of rotatable bonds is 4. The number of carbonyl (C=O) groups excluding carboxylic acids is 1. The number of aliphatic carboxylic acids is 1. The van der Waals surface area contributed by atoms with E-state index in [9.17, 15) is 14.7 Å². The molecular weight excluding hydrogens is 206 g/mol. The van der Waals surface area contributed by atoms with Crippen LogP contribution in [0.3, 0.4) is 0 Å². The molecule has 0 bridgehead atoms. The fraction of sp³-hybridized carbons (Fsp3) is 0.833. The molecule has 0 saturated heterocycles. The van der Waals surface area contributed by atoms with E-state index in [4.69, 9.17) is 0 Å². The van der Waals surface area contributed by atoms with Crippen LogP contribution in [-0.2, 0) is 9.59 Å². The van der Waals surface area contributed by atoms with Crippen LogP contribution in [0.1, 0.15) is 44.9 Å². The molecule has 0 spiro atoms. The lowest BCUT2D eigenvalue weighted by molar-refractivity contribution is -0.153. The largest absolute Gasteiger partial charge is 0.481 e. The second-order valence-corrected chi connectivity index (χ2v) is 5.21. The molecule has 90 valence electrons. The highest BCUT2D eigenvalue weighted by molar-refractivity contribution is 5.85. The van der Waals surface area contributed by atoms with Crippen molar-refractivity contribution < 1.29 is 14.7 Å². The van der Waals surface area contributed by atoms with Crippen LogP contribution in [0.15, 0.2) is 0 Å². The van der Waals surface area contributed by atoms with Gasteiger partial charge in [-0.15, -0.1) is 0 Å². The third-order valence-corrected chi connectivity index (χ3v) is 3.99. The van der Waals surface area contributed by atoms with Gasteiger partial charge in [-0.05, 0) is 25.7 Å². The minimum Gasteiger partial charge on any atom is -0.481 e. The van der Waals surface area contributed by atoms with Gasteiger partial charge in [0, 0.05) is 19.5 Å². The molecule has 0 heterocycles. The SMILES string of the molecule is CN(C(=O)CC1(C(=O)O)CCCC1)C1CC1. The van der Waals surface area contributed by atoms with Crippen LogP contribution in [0.4, 0.5) is 0 Å². The van der Waals surface area contributed by atoms with Gasteiger partial charge in [0.15, 0.2) is 0 Å². The summed E-state index contributed by atoms with van der Waals surface area (Å²) in [4.78, 5) is 25.0. The van der Waals surface area contributed by atoms with Gasteiger partial charge < -0.3 is 10.0 Å². The zero-order chi connectivity index (χ0) is 11.8. The lowest BCUT2D eigenvalue weighted by Gasteiger charge is -2.26. The summed E-state index contributed by atoms with van der Waals surface area (Å²) in [6.45, 7) is 0. The average molecular weight is 225 g/mol. The van der Waals surface area contributed by atoms with Gasteiger partial charge >= 0.3 is 5.97 Å². The predicted molar refractivity (Wildman–Crippen MR) is 58.9 cm³/mol. The van der Waals surface area contributed by atoms with E-state index in [1.807, 2.05) is 0 Å². The van der Waals surface area contributed by atoms with E-state index < -0.39 is 11.4 Å². The molecule has 0 aliphatic heterocycles. The normalized spacial score (nSPS) is 23.1. The molecule has 0 unspecified atom stereocenters. The summed E-state index contributed by atoms with van der Waals surface area (Å²) >= 11 is 0. The van der Waals surface area contributed by atoms with Crippen molar-refractivity contribution in [3.05, 3.63) is 0 Å². The van der Waals surface area contributed by atoms with Gasteiger partial charge in [-0.1, -0.05) is 12.8 Å². The summed E-state index contributed by atoms with van der Waals surface area (Å²) in [6.07, 6.45) is 5.53. The molecule has 1 N–H and O–H groups in total. The second kappa shape index (κ2) is 4.07. The number of amides is 1. The third-order valence-electron chi connectivity index (χ3n) is 3.99. The summed E-state index contributed by atoms with van der Waals surface area (Å²) in [5.41, 5.74) is -0.764. The summed E-state index contributed by atoms with van der Waals surface area (Å²) < 4.78 is 0. The van der Waals surface area contributed by atoms with Gasteiger partial charge in [0.2, 0.25) is 5.91 Å². The number of carboxylic acid groups (broad SMARTS) is 1. The summed E-state index contributed by atoms with van der Waals surface area (Å²) in [7, 11) is 1.80. The Kier molecular flexibility index (Phi) is 2.91. The lowest BCUT2D eigenvalue weighted by atomic mass is 9.82. The molecule has 2 aliphatic rings. The number of carbonyl (C=O) groups is 2. The minimum atomic E-state index is -0.789. The Morgan fingerprint density at radius 3 is 2.31 bits per heavy atom. The van der Waals surface area contributed by atoms with Crippen molar-refractivity contribution in [1.29, 1.82) is 0 Å². The number of nitrogens with zero attached hydrogens (tertiary/aromatic N) is 1. The van der Waals surface area contributed by atoms with E-state index in [0.717, 1.165) is 25.7 Å². The maximum atomic E-state index is 12.0. The van der Waals surface area contributed by atoms with Crippen LogP contribution in [0.2, 0.25) is 0 Å². The summed E-state index contributed by atoms with van der Waals surface area (Å²) in [6, 6.07) is 0.375. The van der Waals surface area contributed by atoms with E-state index in [0.29, 0.717) is 18.9 Å². The molecule has 4 nitrogen and oxygen atoms in total. The molecule has 0 aromatic rings. The highest BCUT2D eigenvalue weighted by Crippen LogP contribution is 2.42. The fourth-order valence-corrected chi connectivity index (χ4v) is 2.60. The Morgan fingerprint density at radius 2 is 1.88 bits per heavy atom. The van der Waals surface area contributed by atoms with Gasteiger partial charge in [-0.2, -0.15) is 0 Å². The fourth-order valence-electron chi connectivity index (χ4n) is 2.60. The third kappa shape index (κ3) is 2.06. The zero-order valence-corrected chi connectivity index (χ0v) is 9.74. The monoisotopic (exact) mass is 225 g/mol. The Hall–Kier alpha value is -1.06. The van der Waals surface area contributed by atoms with Gasteiger partial charge in [-0.3, -0.25) is 9.59 Å². The van der Waals surface area contributed by atoms with Crippen molar-refractivity contribution in [2.75, 3.05) is 7.05 Å². The molecule has 0 aromatic heterocycles. The number of hydrogen-bond donors (Lipinski definition) is 1. The summed E-state index contributed by atoms with van der Waals surface area (Å²) in [5, 5.41) is 9.28. The first-order valence-corrected chi connectivity index (χ1v) is 6.04. The lowest BCUT2D eigenvalue weighted by Crippen LogP contribution is -2.37. The Labute approximate surface area is 95.6 Å². The van der Waals surface area contributed by atoms with Crippen LogP contribution in [0.5, 0.6) is 0 Å². The first kappa shape index (κ1) is 11.4. The smallest absolute Gasteiger partial charge is 0.310 e. The van der Waals surface area contributed by atoms with E-state index in [1.165, 1.54) is 0 Å². The van der Waals surface area contributed by atoms with Crippen molar-refractivity contribution in [3.63, 3.8) is 0 Å². The van der Waals surface area contributed by atoms with Gasteiger partial charge in [0.1, 0.15) is 0 Å². The topological polar surface area (TPSA) is 57.6 Å². The molecule has 1 amide bonds. The summed E-state index contributed by atoms with van der Waals surface area (Å²) in [5.74, 6) is -0.783. The maximum absolute atomic E-state index is 12.0. The van der Waals surface area contributed by atoms with Crippen molar-refractivity contribution in [2.24, 2.45) is 5.41 Å². The van der Waals surface area contributed by atoms with Crippen LogP contribution >= 0.6 is 0 Å². The predicted octanol–water partition coefficient (Wildman–Crippen LogP) is 1.64. The van der Waals surface area contributed by atoms with Crippen molar-refractivity contribution in [1.82, 2.24) is 4.90 Å². The quantitative estimate of drug-likeness (QED) is 0.791. The van der Waals surface area contributed by atoms with Gasteiger partial charge in [-0.25, -0.2) is 0 Å². The van der Waals surface area contributed by atoms with Crippen molar-refractivity contribution >= 4 is 11.9 Å². The highest BCUT2D eigenvalue weighted by atomic mass is 16.4. The van der Waals surface area contributed by atoms with Gasteiger partial charge in [0.05, 0.1) is 5.41 Å². The number of hydrogen-bond acceptors (Lipinski definition) is 2. The average Bonchev–Trinajstić information content (AvgIpc) is 2.98. The molecule has 16 heavy (non-hydrogen) atoms.